The summed E-state index contributed by atoms with van der Waals surface area (Å²) < 4.78 is 11.4. The van der Waals surface area contributed by atoms with Gasteiger partial charge in [-0.15, -0.1) is 0 Å². The Kier molecular flexibility index (Phi) is 4.06. The lowest BCUT2D eigenvalue weighted by atomic mass is 9.87. The van der Waals surface area contributed by atoms with Crippen molar-refractivity contribution in [3.8, 4) is 0 Å². The summed E-state index contributed by atoms with van der Waals surface area (Å²) in [7, 11) is 0. The molecule has 1 spiro atoms. The van der Waals surface area contributed by atoms with Crippen molar-refractivity contribution in [3.05, 3.63) is 0 Å². The van der Waals surface area contributed by atoms with E-state index in [1.54, 1.807) is 4.90 Å². The Bertz CT molecular complexity index is 340. The molecule has 2 saturated heterocycles. The molecule has 19 heavy (non-hydrogen) atoms. The molecule has 110 valence electrons. The summed E-state index contributed by atoms with van der Waals surface area (Å²) in [4.78, 5) is 13.9. The molecule has 0 aliphatic carbocycles. The molecule has 0 bridgehead atoms. The molecule has 0 aromatic heterocycles. The monoisotopic (exact) mass is 270 g/mol. The first kappa shape index (κ1) is 14.6. The third-order valence-electron chi connectivity index (χ3n) is 3.81. The van der Waals surface area contributed by atoms with Gasteiger partial charge in [0.2, 0.25) is 0 Å². The molecule has 0 unspecified atom stereocenters. The second-order valence-corrected chi connectivity index (χ2v) is 6.81. The lowest BCUT2D eigenvalue weighted by Gasteiger charge is -2.40. The van der Waals surface area contributed by atoms with Crippen LogP contribution in [-0.4, -0.2) is 48.4 Å². The number of rotatable bonds is 1. The Balaban J connectivity index is 1.96. The van der Waals surface area contributed by atoms with Gasteiger partial charge in [0.15, 0.2) is 0 Å². The molecule has 2 aliphatic rings. The van der Waals surface area contributed by atoms with E-state index < -0.39 is 5.60 Å². The van der Waals surface area contributed by atoms with Gasteiger partial charge >= 0.3 is 6.09 Å². The highest BCUT2D eigenvalue weighted by Crippen LogP contribution is 2.37. The molecule has 2 heterocycles. The maximum atomic E-state index is 12.1. The highest BCUT2D eigenvalue weighted by Gasteiger charge is 2.44. The first-order chi connectivity index (χ1) is 8.84. The zero-order valence-electron chi connectivity index (χ0n) is 12.3. The number of nitrogens with two attached hydrogens (primary N) is 1. The maximum Gasteiger partial charge on any atom is 0.410 e. The van der Waals surface area contributed by atoms with Crippen LogP contribution in [0.5, 0.6) is 0 Å². The summed E-state index contributed by atoms with van der Waals surface area (Å²) in [5, 5.41) is 0. The number of carbonyl (C=O) groups excluding carboxylic acids is 1. The minimum absolute atomic E-state index is 0.181. The molecule has 5 heteroatoms. The number of hydrogen-bond donors (Lipinski definition) is 1. The average molecular weight is 270 g/mol. The lowest BCUT2D eigenvalue weighted by Crippen LogP contribution is -2.51. The van der Waals surface area contributed by atoms with Crippen LogP contribution in [0.25, 0.3) is 0 Å². The van der Waals surface area contributed by atoms with Gasteiger partial charge in [-0.2, -0.15) is 0 Å². The summed E-state index contributed by atoms with van der Waals surface area (Å²) in [6.07, 6.45) is 2.72. The fraction of sp³-hybridized carbons (Fsp3) is 0.929. The standard InChI is InChI=1S/C14H26N2O3/c1-13(2,3)19-12(17)16-6-4-5-14(10-16)7-11(8-15)9-18-14/h11H,4-10,15H2,1-3H3/t11-,14+/m1/s1. The van der Waals surface area contributed by atoms with Crippen molar-refractivity contribution < 1.29 is 14.3 Å². The average Bonchev–Trinajstić information content (AvgIpc) is 2.70. The predicted octanol–water partition coefficient (Wildman–Crippen LogP) is 1.75. The van der Waals surface area contributed by atoms with E-state index in [9.17, 15) is 4.79 Å². The van der Waals surface area contributed by atoms with Gasteiger partial charge < -0.3 is 20.1 Å². The SMILES string of the molecule is CC(C)(C)OC(=O)N1CCC[C@]2(C[C@H](CN)CO2)C1. The number of carbonyl (C=O) groups is 1. The summed E-state index contributed by atoms with van der Waals surface area (Å²) >= 11 is 0. The second kappa shape index (κ2) is 5.29. The fourth-order valence-corrected chi connectivity index (χ4v) is 2.95. The van der Waals surface area contributed by atoms with Crippen molar-refractivity contribution in [2.45, 2.75) is 51.2 Å². The Labute approximate surface area is 115 Å². The third kappa shape index (κ3) is 3.60. The zero-order chi connectivity index (χ0) is 14.1. The zero-order valence-corrected chi connectivity index (χ0v) is 12.3. The lowest BCUT2D eigenvalue weighted by molar-refractivity contribution is -0.0577. The number of ether oxygens (including phenoxy) is 2. The molecule has 2 rings (SSSR count). The van der Waals surface area contributed by atoms with Crippen LogP contribution < -0.4 is 5.73 Å². The normalized spacial score (nSPS) is 31.8. The van der Waals surface area contributed by atoms with Gasteiger partial charge in [0.05, 0.1) is 18.8 Å². The van der Waals surface area contributed by atoms with Gasteiger partial charge in [-0.05, 0) is 52.5 Å². The van der Waals surface area contributed by atoms with Crippen LogP contribution in [0.3, 0.4) is 0 Å². The molecule has 0 aromatic rings. The van der Waals surface area contributed by atoms with E-state index in [0.29, 0.717) is 19.0 Å². The molecule has 1 amide bonds. The maximum absolute atomic E-state index is 12.1. The summed E-state index contributed by atoms with van der Waals surface area (Å²) in [6, 6.07) is 0. The molecule has 5 nitrogen and oxygen atoms in total. The van der Waals surface area contributed by atoms with Crippen LogP contribution in [0.4, 0.5) is 4.79 Å². The van der Waals surface area contributed by atoms with Crippen molar-refractivity contribution in [2.24, 2.45) is 11.7 Å². The summed E-state index contributed by atoms with van der Waals surface area (Å²) in [5.41, 5.74) is 5.09. The molecule has 2 N–H and O–H groups in total. The van der Waals surface area contributed by atoms with Gasteiger partial charge in [0.1, 0.15) is 5.60 Å². The van der Waals surface area contributed by atoms with Crippen LogP contribution in [-0.2, 0) is 9.47 Å². The van der Waals surface area contributed by atoms with Crippen LogP contribution in [0.1, 0.15) is 40.0 Å². The molecule has 2 fully saturated rings. The van der Waals surface area contributed by atoms with E-state index in [-0.39, 0.29) is 11.7 Å². The highest BCUT2D eigenvalue weighted by molar-refractivity contribution is 5.68. The molecule has 0 radical (unpaired) electrons. The number of nitrogens with zero attached hydrogens (tertiary/aromatic N) is 1. The van der Waals surface area contributed by atoms with Crippen LogP contribution >= 0.6 is 0 Å². The number of piperidine rings is 1. The van der Waals surface area contributed by atoms with E-state index >= 15 is 0 Å². The fourth-order valence-electron chi connectivity index (χ4n) is 2.95. The first-order valence-corrected chi connectivity index (χ1v) is 7.15. The van der Waals surface area contributed by atoms with Gasteiger partial charge in [-0.25, -0.2) is 4.79 Å². The van der Waals surface area contributed by atoms with Gasteiger partial charge in [-0.3, -0.25) is 0 Å². The third-order valence-corrected chi connectivity index (χ3v) is 3.81. The Hall–Kier alpha value is -0.810. The molecular formula is C14H26N2O3. The van der Waals surface area contributed by atoms with Crippen LogP contribution in [0, 0.1) is 5.92 Å². The minimum atomic E-state index is -0.446. The number of hydrogen-bond acceptors (Lipinski definition) is 4. The summed E-state index contributed by atoms with van der Waals surface area (Å²) in [6.45, 7) is 8.45. The summed E-state index contributed by atoms with van der Waals surface area (Å²) in [5.74, 6) is 0.429. The molecule has 0 saturated carbocycles. The van der Waals surface area contributed by atoms with E-state index in [1.807, 2.05) is 20.8 Å². The van der Waals surface area contributed by atoms with E-state index in [2.05, 4.69) is 0 Å². The van der Waals surface area contributed by atoms with E-state index in [1.165, 1.54) is 0 Å². The van der Waals surface area contributed by atoms with E-state index in [4.69, 9.17) is 15.2 Å². The number of amides is 1. The van der Waals surface area contributed by atoms with Crippen LogP contribution in [0.2, 0.25) is 0 Å². The van der Waals surface area contributed by atoms with Crippen molar-refractivity contribution >= 4 is 6.09 Å². The minimum Gasteiger partial charge on any atom is -0.444 e. The van der Waals surface area contributed by atoms with Crippen molar-refractivity contribution in [2.75, 3.05) is 26.2 Å². The highest BCUT2D eigenvalue weighted by atomic mass is 16.6. The largest absolute Gasteiger partial charge is 0.444 e. The van der Waals surface area contributed by atoms with Gasteiger partial charge in [0, 0.05) is 6.54 Å². The first-order valence-electron chi connectivity index (χ1n) is 7.15. The predicted molar refractivity (Wildman–Crippen MR) is 72.9 cm³/mol. The molecule has 2 aliphatic heterocycles. The number of likely N-dealkylation sites (tertiary alicyclic amines) is 1. The smallest absolute Gasteiger partial charge is 0.410 e. The quantitative estimate of drug-likeness (QED) is 0.788. The Morgan fingerprint density at radius 2 is 2.26 bits per heavy atom. The van der Waals surface area contributed by atoms with Gasteiger partial charge in [0.25, 0.3) is 0 Å². The second-order valence-electron chi connectivity index (χ2n) is 6.81. The Morgan fingerprint density at radius 3 is 2.84 bits per heavy atom. The van der Waals surface area contributed by atoms with Gasteiger partial charge in [-0.1, -0.05) is 0 Å². The van der Waals surface area contributed by atoms with Crippen molar-refractivity contribution in [1.29, 1.82) is 0 Å². The van der Waals surface area contributed by atoms with Crippen molar-refractivity contribution in [3.63, 3.8) is 0 Å². The molecule has 2 atom stereocenters. The Morgan fingerprint density at radius 1 is 1.53 bits per heavy atom. The topological polar surface area (TPSA) is 64.8 Å². The molecule has 0 aromatic carbocycles. The van der Waals surface area contributed by atoms with Crippen molar-refractivity contribution in [1.82, 2.24) is 4.90 Å². The van der Waals surface area contributed by atoms with Crippen LogP contribution in [0.15, 0.2) is 0 Å². The molecular weight excluding hydrogens is 244 g/mol. The van der Waals surface area contributed by atoms with E-state index in [0.717, 1.165) is 32.4 Å².